The van der Waals surface area contributed by atoms with Crippen LogP contribution in [0.5, 0.6) is 5.75 Å². The predicted molar refractivity (Wildman–Crippen MR) is 77.9 cm³/mol. The second kappa shape index (κ2) is 6.43. The number of furan rings is 1. The van der Waals surface area contributed by atoms with Gasteiger partial charge in [-0.1, -0.05) is 12.1 Å². The highest BCUT2D eigenvalue weighted by atomic mass is 16.5. The maximum Gasteiger partial charge on any atom is 0.221 e. The first-order valence-corrected chi connectivity index (χ1v) is 6.66. The van der Waals surface area contributed by atoms with E-state index in [1.807, 2.05) is 31.2 Å². The van der Waals surface area contributed by atoms with Crippen molar-refractivity contribution >= 4 is 16.9 Å². The third-order valence-corrected chi connectivity index (χ3v) is 3.26. The standard InChI is InChI=1S/C15H20N2O3/c1-10(17-8-7-14(18)16-2)13-9-11-5-4-6-12(19-3)15(11)20-13/h4-6,9-10,17H,7-8H2,1-3H3,(H,16,18). The first-order chi connectivity index (χ1) is 9.65. The van der Waals surface area contributed by atoms with E-state index in [1.165, 1.54) is 0 Å². The fourth-order valence-corrected chi connectivity index (χ4v) is 2.06. The Bertz CT molecular complexity index is 592. The number of fused-ring (bicyclic) bond motifs is 1. The molecule has 0 saturated carbocycles. The van der Waals surface area contributed by atoms with Gasteiger partial charge in [-0.2, -0.15) is 0 Å². The Labute approximate surface area is 118 Å². The van der Waals surface area contributed by atoms with Gasteiger partial charge in [0.2, 0.25) is 5.91 Å². The van der Waals surface area contributed by atoms with Gasteiger partial charge in [0.05, 0.1) is 13.2 Å². The fourth-order valence-electron chi connectivity index (χ4n) is 2.06. The van der Waals surface area contributed by atoms with Gasteiger partial charge in [-0.05, 0) is 19.1 Å². The first-order valence-electron chi connectivity index (χ1n) is 6.66. The van der Waals surface area contributed by atoms with Crippen molar-refractivity contribution in [1.82, 2.24) is 10.6 Å². The van der Waals surface area contributed by atoms with Gasteiger partial charge in [0.25, 0.3) is 0 Å². The molecule has 2 aromatic rings. The van der Waals surface area contributed by atoms with Gasteiger partial charge in [-0.15, -0.1) is 0 Å². The van der Waals surface area contributed by atoms with Gasteiger partial charge >= 0.3 is 0 Å². The normalized spacial score (nSPS) is 12.3. The molecule has 2 N–H and O–H groups in total. The molecular weight excluding hydrogens is 256 g/mol. The summed E-state index contributed by atoms with van der Waals surface area (Å²) in [5.41, 5.74) is 0.755. The van der Waals surface area contributed by atoms with Crippen molar-refractivity contribution in [2.75, 3.05) is 20.7 Å². The Hall–Kier alpha value is -2.01. The van der Waals surface area contributed by atoms with E-state index in [0.717, 1.165) is 22.5 Å². The topological polar surface area (TPSA) is 63.5 Å². The lowest BCUT2D eigenvalue weighted by Gasteiger charge is -2.10. The maximum atomic E-state index is 11.2. The first kappa shape index (κ1) is 14.4. The zero-order valence-electron chi connectivity index (χ0n) is 12.0. The van der Waals surface area contributed by atoms with Gasteiger partial charge < -0.3 is 19.8 Å². The average molecular weight is 276 g/mol. The van der Waals surface area contributed by atoms with E-state index in [9.17, 15) is 4.79 Å². The molecule has 0 fully saturated rings. The van der Waals surface area contributed by atoms with E-state index >= 15 is 0 Å². The van der Waals surface area contributed by atoms with E-state index in [2.05, 4.69) is 10.6 Å². The number of benzene rings is 1. The van der Waals surface area contributed by atoms with Crippen molar-refractivity contribution in [2.24, 2.45) is 0 Å². The second-order valence-electron chi connectivity index (χ2n) is 4.63. The van der Waals surface area contributed by atoms with Crippen LogP contribution in [0.2, 0.25) is 0 Å². The number of amides is 1. The van der Waals surface area contributed by atoms with E-state index in [1.54, 1.807) is 14.2 Å². The summed E-state index contributed by atoms with van der Waals surface area (Å²) >= 11 is 0. The van der Waals surface area contributed by atoms with Crippen LogP contribution in [0.4, 0.5) is 0 Å². The maximum absolute atomic E-state index is 11.2. The van der Waals surface area contributed by atoms with Gasteiger partial charge in [-0.3, -0.25) is 4.79 Å². The molecule has 1 aromatic carbocycles. The number of rotatable bonds is 6. The molecule has 0 bridgehead atoms. The smallest absolute Gasteiger partial charge is 0.221 e. The minimum atomic E-state index is 0.0241. The minimum Gasteiger partial charge on any atom is -0.493 e. The Morgan fingerprint density at radius 2 is 2.25 bits per heavy atom. The number of hydrogen-bond donors (Lipinski definition) is 2. The third kappa shape index (κ3) is 3.11. The molecule has 0 radical (unpaired) electrons. The summed E-state index contributed by atoms with van der Waals surface area (Å²) in [6.07, 6.45) is 0.449. The van der Waals surface area contributed by atoms with Crippen LogP contribution in [0.3, 0.4) is 0 Å². The van der Waals surface area contributed by atoms with E-state index < -0.39 is 0 Å². The molecule has 5 nitrogen and oxygen atoms in total. The molecule has 1 atom stereocenters. The van der Waals surface area contributed by atoms with Crippen LogP contribution in [0.1, 0.15) is 25.1 Å². The van der Waals surface area contributed by atoms with E-state index in [4.69, 9.17) is 9.15 Å². The highest BCUT2D eigenvalue weighted by molar-refractivity contribution is 5.83. The predicted octanol–water partition coefficient (Wildman–Crippen LogP) is 2.23. The SMILES string of the molecule is CNC(=O)CCNC(C)c1cc2cccc(OC)c2o1. The summed E-state index contributed by atoms with van der Waals surface area (Å²) in [7, 11) is 3.26. The Morgan fingerprint density at radius 3 is 2.95 bits per heavy atom. The van der Waals surface area contributed by atoms with Gasteiger partial charge in [0.15, 0.2) is 11.3 Å². The summed E-state index contributed by atoms with van der Waals surface area (Å²) < 4.78 is 11.1. The summed E-state index contributed by atoms with van der Waals surface area (Å²) in [5.74, 6) is 1.59. The zero-order chi connectivity index (χ0) is 14.5. The number of hydrogen-bond acceptors (Lipinski definition) is 4. The lowest BCUT2D eigenvalue weighted by Crippen LogP contribution is -2.26. The van der Waals surface area contributed by atoms with Crippen LogP contribution in [-0.2, 0) is 4.79 Å². The van der Waals surface area contributed by atoms with Crippen molar-refractivity contribution in [3.63, 3.8) is 0 Å². The van der Waals surface area contributed by atoms with Gasteiger partial charge in [-0.25, -0.2) is 0 Å². The van der Waals surface area contributed by atoms with Crippen LogP contribution in [0.15, 0.2) is 28.7 Å². The van der Waals surface area contributed by atoms with Crippen molar-refractivity contribution in [3.05, 3.63) is 30.0 Å². The van der Waals surface area contributed by atoms with Crippen LogP contribution in [0.25, 0.3) is 11.0 Å². The Balaban J connectivity index is 2.07. The van der Waals surface area contributed by atoms with Crippen LogP contribution < -0.4 is 15.4 Å². The molecule has 0 aliphatic heterocycles. The van der Waals surface area contributed by atoms with Crippen LogP contribution in [0, 0.1) is 0 Å². The molecule has 1 aromatic heterocycles. The van der Waals surface area contributed by atoms with Crippen molar-refractivity contribution in [1.29, 1.82) is 0 Å². The Morgan fingerprint density at radius 1 is 1.45 bits per heavy atom. The number of ether oxygens (including phenoxy) is 1. The van der Waals surface area contributed by atoms with E-state index in [-0.39, 0.29) is 11.9 Å². The monoisotopic (exact) mass is 276 g/mol. The van der Waals surface area contributed by atoms with Crippen LogP contribution in [-0.4, -0.2) is 26.6 Å². The van der Waals surface area contributed by atoms with Crippen molar-refractivity contribution in [3.8, 4) is 5.75 Å². The molecule has 0 aliphatic rings. The highest BCUT2D eigenvalue weighted by Crippen LogP contribution is 2.30. The summed E-state index contributed by atoms with van der Waals surface area (Å²) in [5, 5.41) is 6.88. The number of methoxy groups -OCH3 is 1. The largest absolute Gasteiger partial charge is 0.493 e. The number of nitrogens with one attached hydrogen (secondary N) is 2. The fraction of sp³-hybridized carbons (Fsp3) is 0.400. The molecule has 0 saturated heterocycles. The van der Waals surface area contributed by atoms with Crippen molar-refractivity contribution < 1.29 is 13.9 Å². The highest BCUT2D eigenvalue weighted by Gasteiger charge is 2.13. The Kier molecular flexibility index (Phi) is 4.63. The molecule has 0 spiro atoms. The summed E-state index contributed by atoms with van der Waals surface area (Å²) in [6.45, 7) is 2.61. The van der Waals surface area contributed by atoms with Crippen LogP contribution >= 0.6 is 0 Å². The molecule has 108 valence electrons. The number of carbonyl (C=O) groups excluding carboxylic acids is 1. The summed E-state index contributed by atoms with van der Waals surface area (Å²) in [4.78, 5) is 11.2. The molecule has 20 heavy (non-hydrogen) atoms. The average Bonchev–Trinajstić information content (AvgIpc) is 2.90. The lowest BCUT2D eigenvalue weighted by molar-refractivity contribution is -0.120. The third-order valence-electron chi connectivity index (χ3n) is 3.26. The number of carbonyl (C=O) groups is 1. The van der Waals surface area contributed by atoms with E-state index in [0.29, 0.717) is 13.0 Å². The van der Waals surface area contributed by atoms with Crippen molar-refractivity contribution in [2.45, 2.75) is 19.4 Å². The molecule has 1 heterocycles. The molecule has 0 aliphatic carbocycles. The minimum absolute atomic E-state index is 0.0241. The lowest BCUT2D eigenvalue weighted by atomic mass is 10.2. The quantitative estimate of drug-likeness (QED) is 0.849. The molecule has 2 rings (SSSR count). The number of para-hydroxylation sites is 1. The summed E-state index contributed by atoms with van der Waals surface area (Å²) in [6, 6.07) is 7.83. The van der Waals surface area contributed by atoms with Gasteiger partial charge in [0, 0.05) is 25.4 Å². The molecular formula is C15H20N2O3. The molecule has 5 heteroatoms. The molecule has 1 amide bonds. The van der Waals surface area contributed by atoms with Gasteiger partial charge in [0.1, 0.15) is 5.76 Å². The molecule has 1 unspecified atom stereocenters. The second-order valence-corrected chi connectivity index (χ2v) is 4.63. The zero-order valence-corrected chi connectivity index (χ0v) is 12.0.